The van der Waals surface area contributed by atoms with Crippen LogP contribution in [0.15, 0.2) is 6.20 Å². The van der Waals surface area contributed by atoms with Crippen molar-refractivity contribution in [2.75, 3.05) is 31.0 Å². The Bertz CT molecular complexity index is 386. The highest BCUT2D eigenvalue weighted by atomic mass is 35.5. The summed E-state index contributed by atoms with van der Waals surface area (Å²) in [5.41, 5.74) is 2.47. The molecule has 7 heteroatoms. The molecule has 0 aliphatic heterocycles. The summed E-state index contributed by atoms with van der Waals surface area (Å²) in [4.78, 5) is 8.06. The zero-order chi connectivity index (χ0) is 13.6. The van der Waals surface area contributed by atoms with E-state index in [1.165, 1.54) is 6.20 Å². The van der Waals surface area contributed by atoms with E-state index in [-0.39, 0.29) is 5.41 Å². The van der Waals surface area contributed by atoms with Crippen LogP contribution in [0.4, 0.5) is 11.8 Å². The number of nitrogens with zero attached hydrogens (tertiary/aromatic N) is 2. The van der Waals surface area contributed by atoms with Crippen molar-refractivity contribution >= 4 is 23.4 Å². The highest BCUT2D eigenvalue weighted by molar-refractivity contribution is 6.32. The van der Waals surface area contributed by atoms with E-state index in [0.717, 1.165) is 19.6 Å². The molecule has 1 aromatic heterocycles. The lowest BCUT2D eigenvalue weighted by Gasteiger charge is -2.25. The third kappa shape index (κ3) is 4.64. The molecule has 0 fully saturated rings. The molecule has 0 saturated heterocycles. The van der Waals surface area contributed by atoms with Crippen LogP contribution in [-0.4, -0.2) is 30.2 Å². The third-order valence-corrected chi connectivity index (χ3v) is 2.87. The predicted molar refractivity (Wildman–Crippen MR) is 73.6 cm³/mol. The van der Waals surface area contributed by atoms with E-state index < -0.39 is 0 Å². The number of aromatic nitrogens is 2. The van der Waals surface area contributed by atoms with Crippen LogP contribution < -0.4 is 16.6 Å². The van der Waals surface area contributed by atoms with Crippen molar-refractivity contribution < 1.29 is 4.74 Å². The van der Waals surface area contributed by atoms with Crippen LogP contribution in [0.1, 0.15) is 20.3 Å². The Morgan fingerprint density at radius 3 is 2.83 bits per heavy atom. The molecule has 18 heavy (non-hydrogen) atoms. The molecule has 0 unspecified atom stereocenters. The molecule has 1 rings (SSSR count). The fraction of sp³-hybridized carbons (Fsp3) is 0.636. The van der Waals surface area contributed by atoms with E-state index in [0.29, 0.717) is 16.8 Å². The van der Waals surface area contributed by atoms with Crippen molar-refractivity contribution in [3.63, 3.8) is 0 Å². The van der Waals surface area contributed by atoms with Gasteiger partial charge in [-0.15, -0.1) is 0 Å². The Morgan fingerprint density at radius 2 is 2.22 bits per heavy atom. The van der Waals surface area contributed by atoms with E-state index in [9.17, 15) is 0 Å². The van der Waals surface area contributed by atoms with E-state index in [1.807, 2.05) is 0 Å². The minimum atomic E-state index is 0.0839. The Balaban J connectivity index is 2.62. The summed E-state index contributed by atoms with van der Waals surface area (Å²) in [7, 11) is 1.70. The summed E-state index contributed by atoms with van der Waals surface area (Å²) in [6, 6.07) is 0. The second-order valence-corrected chi connectivity index (χ2v) is 5.20. The first kappa shape index (κ1) is 14.9. The number of nitrogen functional groups attached to an aromatic ring is 1. The molecular weight excluding hydrogens is 254 g/mol. The van der Waals surface area contributed by atoms with Crippen molar-refractivity contribution in [1.29, 1.82) is 0 Å². The number of rotatable bonds is 7. The lowest BCUT2D eigenvalue weighted by Crippen LogP contribution is -2.25. The van der Waals surface area contributed by atoms with Crippen LogP contribution >= 0.6 is 11.6 Å². The van der Waals surface area contributed by atoms with Crippen LogP contribution in [0.2, 0.25) is 5.02 Å². The Hall–Kier alpha value is -1.11. The van der Waals surface area contributed by atoms with E-state index >= 15 is 0 Å². The molecule has 6 nitrogen and oxygen atoms in total. The number of nitrogens with two attached hydrogens (primary N) is 1. The zero-order valence-electron chi connectivity index (χ0n) is 11.0. The number of methoxy groups -OCH3 is 1. The standard InChI is InChI=1S/C11H20ClN5O/c1-11(2,4-5-18-3)7-15-9-8(12)6-14-10(16-9)17-13/h6H,4-5,7,13H2,1-3H3,(H2,14,15,16,17). The van der Waals surface area contributed by atoms with Crippen molar-refractivity contribution in [2.45, 2.75) is 20.3 Å². The zero-order valence-corrected chi connectivity index (χ0v) is 11.7. The van der Waals surface area contributed by atoms with Gasteiger partial charge in [-0.25, -0.2) is 10.8 Å². The number of hydrogen-bond acceptors (Lipinski definition) is 6. The summed E-state index contributed by atoms with van der Waals surface area (Å²) in [5, 5.41) is 3.67. The van der Waals surface area contributed by atoms with Gasteiger partial charge in [0.15, 0.2) is 5.82 Å². The maximum atomic E-state index is 6.01. The Labute approximate surface area is 112 Å². The fourth-order valence-corrected chi connectivity index (χ4v) is 1.51. The molecule has 0 amide bonds. The molecule has 0 bridgehead atoms. The predicted octanol–water partition coefficient (Wildman–Crippen LogP) is 1.89. The Kier molecular flexibility index (Phi) is 5.58. The van der Waals surface area contributed by atoms with Gasteiger partial charge in [-0.1, -0.05) is 25.4 Å². The van der Waals surface area contributed by atoms with Crippen LogP contribution in [0.25, 0.3) is 0 Å². The third-order valence-electron chi connectivity index (χ3n) is 2.59. The molecule has 4 N–H and O–H groups in total. The van der Waals surface area contributed by atoms with E-state index in [1.54, 1.807) is 7.11 Å². The molecular formula is C11H20ClN5O. The minimum absolute atomic E-state index is 0.0839. The molecule has 0 spiro atoms. The van der Waals surface area contributed by atoms with Gasteiger partial charge in [-0.3, -0.25) is 5.43 Å². The maximum Gasteiger partial charge on any atom is 0.239 e. The van der Waals surface area contributed by atoms with Gasteiger partial charge in [0.2, 0.25) is 5.95 Å². The molecule has 0 saturated carbocycles. The summed E-state index contributed by atoms with van der Waals surface area (Å²) in [5.74, 6) is 6.16. The number of halogens is 1. The lowest BCUT2D eigenvalue weighted by atomic mass is 9.90. The van der Waals surface area contributed by atoms with Gasteiger partial charge in [-0.2, -0.15) is 4.98 Å². The highest BCUT2D eigenvalue weighted by Crippen LogP contribution is 2.24. The van der Waals surface area contributed by atoms with E-state index in [4.69, 9.17) is 22.2 Å². The molecule has 102 valence electrons. The largest absolute Gasteiger partial charge is 0.385 e. The molecule has 0 aliphatic rings. The summed E-state index contributed by atoms with van der Waals surface area (Å²) in [6.07, 6.45) is 2.45. The van der Waals surface area contributed by atoms with Gasteiger partial charge >= 0.3 is 0 Å². The first-order valence-corrected chi connectivity index (χ1v) is 6.08. The van der Waals surface area contributed by atoms with Gasteiger partial charge in [0, 0.05) is 20.3 Å². The Morgan fingerprint density at radius 1 is 1.50 bits per heavy atom. The van der Waals surface area contributed by atoms with Gasteiger partial charge in [-0.05, 0) is 11.8 Å². The first-order valence-electron chi connectivity index (χ1n) is 5.70. The number of nitrogens with one attached hydrogen (secondary N) is 2. The van der Waals surface area contributed by atoms with Crippen molar-refractivity contribution in [2.24, 2.45) is 11.3 Å². The maximum absolute atomic E-state index is 6.01. The van der Waals surface area contributed by atoms with Crippen LogP contribution in [0, 0.1) is 5.41 Å². The smallest absolute Gasteiger partial charge is 0.239 e. The second kappa shape index (κ2) is 6.72. The van der Waals surface area contributed by atoms with Crippen molar-refractivity contribution in [1.82, 2.24) is 9.97 Å². The monoisotopic (exact) mass is 273 g/mol. The molecule has 1 aromatic rings. The SMILES string of the molecule is COCCC(C)(C)CNc1nc(NN)ncc1Cl. The molecule has 0 atom stereocenters. The number of ether oxygens (including phenoxy) is 1. The summed E-state index contributed by atoms with van der Waals surface area (Å²) >= 11 is 6.01. The summed E-state index contributed by atoms with van der Waals surface area (Å²) in [6.45, 7) is 5.76. The molecule has 1 heterocycles. The van der Waals surface area contributed by atoms with Crippen LogP contribution in [0.5, 0.6) is 0 Å². The topological polar surface area (TPSA) is 85.1 Å². The van der Waals surface area contributed by atoms with Gasteiger partial charge in [0.05, 0.1) is 6.20 Å². The number of hydrogen-bond donors (Lipinski definition) is 3. The highest BCUT2D eigenvalue weighted by Gasteiger charge is 2.18. The summed E-state index contributed by atoms with van der Waals surface area (Å²) < 4.78 is 5.08. The average Bonchev–Trinajstić information content (AvgIpc) is 2.35. The molecule has 0 aromatic carbocycles. The van der Waals surface area contributed by atoms with Crippen molar-refractivity contribution in [3.05, 3.63) is 11.2 Å². The normalized spacial score (nSPS) is 11.4. The fourth-order valence-electron chi connectivity index (χ4n) is 1.35. The molecule has 0 aliphatic carbocycles. The quantitative estimate of drug-likeness (QED) is 0.520. The molecule has 0 radical (unpaired) electrons. The van der Waals surface area contributed by atoms with Crippen LogP contribution in [-0.2, 0) is 4.74 Å². The minimum Gasteiger partial charge on any atom is -0.385 e. The van der Waals surface area contributed by atoms with Crippen molar-refractivity contribution in [3.8, 4) is 0 Å². The average molecular weight is 274 g/mol. The van der Waals surface area contributed by atoms with Crippen LogP contribution in [0.3, 0.4) is 0 Å². The first-order chi connectivity index (χ1) is 8.48. The van der Waals surface area contributed by atoms with Gasteiger partial charge in [0.25, 0.3) is 0 Å². The number of hydrazine groups is 1. The van der Waals surface area contributed by atoms with Gasteiger partial charge < -0.3 is 10.1 Å². The lowest BCUT2D eigenvalue weighted by molar-refractivity contribution is 0.157. The number of anilines is 2. The second-order valence-electron chi connectivity index (χ2n) is 4.80. The van der Waals surface area contributed by atoms with Gasteiger partial charge in [0.1, 0.15) is 5.02 Å². The van der Waals surface area contributed by atoms with E-state index in [2.05, 4.69) is 34.6 Å².